The van der Waals surface area contributed by atoms with E-state index in [2.05, 4.69) is 20.8 Å². The van der Waals surface area contributed by atoms with Crippen molar-refractivity contribution in [2.75, 3.05) is 13.1 Å². The van der Waals surface area contributed by atoms with Crippen molar-refractivity contribution in [1.82, 2.24) is 30.1 Å². The second-order valence-electron chi connectivity index (χ2n) is 5.65. The first-order valence-corrected chi connectivity index (χ1v) is 7.72. The lowest BCUT2D eigenvalue weighted by atomic mass is 10.1. The number of piperidine rings is 1. The Kier molecular flexibility index (Phi) is 4.40. The highest BCUT2D eigenvalue weighted by Crippen LogP contribution is 2.10. The lowest BCUT2D eigenvalue weighted by molar-refractivity contribution is -0.129. The summed E-state index contributed by atoms with van der Waals surface area (Å²) in [5, 5.41) is 13.9. The second kappa shape index (κ2) is 6.64. The third kappa shape index (κ3) is 3.58. The number of carbonyl (C=O) groups excluding carboxylic acids is 2. The number of carbonyl (C=O) groups is 2. The lowest BCUT2D eigenvalue weighted by Gasteiger charge is -2.31. The summed E-state index contributed by atoms with van der Waals surface area (Å²) in [7, 11) is 0. The quantitative estimate of drug-likeness (QED) is 0.864. The van der Waals surface area contributed by atoms with E-state index in [0.717, 1.165) is 18.5 Å². The molecule has 1 aliphatic rings. The normalized spacial score (nSPS) is 15.6. The van der Waals surface area contributed by atoms with Gasteiger partial charge in [-0.1, -0.05) is 6.07 Å². The fraction of sp³-hybridized carbons (Fsp3) is 0.467. The van der Waals surface area contributed by atoms with Crippen LogP contribution in [0.4, 0.5) is 4.79 Å². The number of hydrogen-bond donors (Lipinski definition) is 2. The van der Waals surface area contributed by atoms with E-state index in [-0.39, 0.29) is 18.0 Å². The summed E-state index contributed by atoms with van der Waals surface area (Å²) in [6.45, 7) is 3.26. The average molecular weight is 316 g/mol. The standard InChI is InChI=1S/C15H20N6O2/c1-11(22)20-8-5-12(6-9-20)17-15(23)16-10-14-19-18-13-4-2-3-7-21(13)14/h2-4,7,12H,5-6,8-10H2,1H3,(H2,16,17,23). The first kappa shape index (κ1) is 15.3. The van der Waals surface area contributed by atoms with E-state index in [4.69, 9.17) is 0 Å². The molecule has 0 bridgehead atoms. The fourth-order valence-corrected chi connectivity index (χ4v) is 2.75. The van der Waals surface area contributed by atoms with Gasteiger partial charge in [-0.15, -0.1) is 10.2 Å². The van der Waals surface area contributed by atoms with Crippen molar-refractivity contribution in [3.05, 3.63) is 30.2 Å². The van der Waals surface area contributed by atoms with Gasteiger partial charge in [-0.25, -0.2) is 4.79 Å². The molecule has 1 fully saturated rings. The zero-order chi connectivity index (χ0) is 16.2. The SMILES string of the molecule is CC(=O)N1CCC(NC(=O)NCc2nnc3ccccn23)CC1. The molecule has 3 amide bonds. The Hall–Kier alpha value is -2.64. The van der Waals surface area contributed by atoms with Crippen molar-refractivity contribution in [2.24, 2.45) is 0 Å². The Morgan fingerprint density at radius 1 is 1.26 bits per heavy atom. The molecule has 0 atom stereocenters. The maximum atomic E-state index is 12.0. The molecule has 122 valence electrons. The van der Waals surface area contributed by atoms with Gasteiger partial charge in [0.1, 0.15) is 0 Å². The number of urea groups is 1. The molecule has 0 unspecified atom stereocenters. The molecule has 1 aliphatic heterocycles. The maximum absolute atomic E-state index is 12.0. The van der Waals surface area contributed by atoms with Crippen LogP contribution in [0.15, 0.2) is 24.4 Å². The van der Waals surface area contributed by atoms with Crippen LogP contribution in [0, 0.1) is 0 Å². The van der Waals surface area contributed by atoms with Crippen molar-refractivity contribution in [3.63, 3.8) is 0 Å². The van der Waals surface area contributed by atoms with Crippen LogP contribution in [0.2, 0.25) is 0 Å². The molecule has 8 heteroatoms. The van der Waals surface area contributed by atoms with E-state index >= 15 is 0 Å². The van der Waals surface area contributed by atoms with Crippen LogP contribution >= 0.6 is 0 Å². The number of nitrogens with zero attached hydrogens (tertiary/aromatic N) is 4. The monoisotopic (exact) mass is 316 g/mol. The molecule has 2 aromatic rings. The molecule has 2 aromatic heterocycles. The molecule has 8 nitrogen and oxygen atoms in total. The minimum Gasteiger partial charge on any atom is -0.343 e. The molecule has 0 aromatic carbocycles. The van der Waals surface area contributed by atoms with Crippen LogP contribution in [0.1, 0.15) is 25.6 Å². The zero-order valence-electron chi connectivity index (χ0n) is 13.0. The van der Waals surface area contributed by atoms with E-state index in [1.54, 1.807) is 11.8 Å². The van der Waals surface area contributed by atoms with Gasteiger partial charge in [0, 0.05) is 32.3 Å². The van der Waals surface area contributed by atoms with E-state index < -0.39 is 0 Å². The highest BCUT2D eigenvalue weighted by Gasteiger charge is 2.21. The summed E-state index contributed by atoms with van der Waals surface area (Å²) in [5.41, 5.74) is 0.751. The molecule has 0 spiro atoms. The lowest BCUT2D eigenvalue weighted by Crippen LogP contribution is -2.48. The predicted octanol–water partition coefficient (Wildman–Crippen LogP) is 0.539. The number of rotatable bonds is 3. The fourth-order valence-electron chi connectivity index (χ4n) is 2.75. The van der Waals surface area contributed by atoms with Gasteiger partial charge in [-0.05, 0) is 25.0 Å². The Bertz CT molecular complexity index is 705. The third-order valence-electron chi connectivity index (χ3n) is 4.07. The van der Waals surface area contributed by atoms with Crippen LogP contribution < -0.4 is 10.6 Å². The number of pyridine rings is 1. The van der Waals surface area contributed by atoms with Gasteiger partial charge in [0.15, 0.2) is 11.5 Å². The summed E-state index contributed by atoms with van der Waals surface area (Å²) >= 11 is 0. The second-order valence-corrected chi connectivity index (χ2v) is 5.65. The number of hydrogen-bond acceptors (Lipinski definition) is 4. The summed E-state index contributed by atoms with van der Waals surface area (Å²) in [6.07, 6.45) is 3.42. The molecule has 0 radical (unpaired) electrons. The van der Waals surface area contributed by atoms with Crippen molar-refractivity contribution in [2.45, 2.75) is 32.4 Å². The molecule has 23 heavy (non-hydrogen) atoms. The molecule has 3 heterocycles. The summed E-state index contributed by atoms with van der Waals surface area (Å²) in [5.74, 6) is 0.772. The van der Waals surface area contributed by atoms with Crippen molar-refractivity contribution in [1.29, 1.82) is 0 Å². The Morgan fingerprint density at radius 3 is 2.78 bits per heavy atom. The highest BCUT2D eigenvalue weighted by atomic mass is 16.2. The van der Waals surface area contributed by atoms with Gasteiger partial charge in [-0.3, -0.25) is 9.20 Å². The van der Waals surface area contributed by atoms with E-state index in [0.29, 0.717) is 25.5 Å². The molecule has 3 rings (SSSR count). The van der Waals surface area contributed by atoms with Crippen molar-refractivity contribution >= 4 is 17.6 Å². The first-order valence-electron chi connectivity index (χ1n) is 7.72. The molecule has 0 saturated carbocycles. The van der Waals surface area contributed by atoms with Crippen LogP contribution in [0.5, 0.6) is 0 Å². The summed E-state index contributed by atoms with van der Waals surface area (Å²) < 4.78 is 1.84. The number of aromatic nitrogens is 3. The van der Waals surface area contributed by atoms with Gasteiger partial charge >= 0.3 is 6.03 Å². The summed E-state index contributed by atoms with van der Waals surface area (Å²) in [6, 6.07) is 5.52. The van der Waals surface area contributed by atoms with Crippen LogP contribution in [0.25, 0.3) is 5.65 Å². The number of nitrogens with one attached hydrogen (secondary N) is 2. The van der Waals surface area contributed by atoms with Crippen molar-refractivity contribution < 1.29 is 9.59 Å². The van der Waals surface area contributed by atoms with Gasteiger partial charge in [0.05, 0.1) is 6.54 Å². The van der Waals surface area contributed by atoms with Crippen LogP contribution in [-0.2, 0) is 11.3 Å². The minimum atomic E-state index is -0.223. The zero-order valence-corrected chi connectivity index (χ0v) is 13.0. The number of amides is 3. The van der Waals surface area contributed by atoms with Crippen molar-refractivity contribution in [3.8, 4) is 0 Å². The number of likely N-dealkylation sites (tertiary alicyclic amines) is 1. The van der Waals surface area contributed by atoms with Gasteiger partial charge in [-0.2, -0.15) is 0 Å². The van der Waals surface area contributed by atoms with Crippen LogP contribution in [-0.4, -0.2) is 50.6 Å². The van der Waals surface area contributed by atoms with Gasteiger partial charge in [0.25, 0.3) is 0 Å². The average Bonchev–Trinajstić information content (AvgIpc) is 2.97. The molecule has 2 N–H and O–H groups in total. The topological polar surface area (TPSA) is 91.6 Å². The van der Waals surface area contributed by atoms with E-state index in [1.807, 2.05) is 28.8 Å². The Labute approximate surface area is 133 Å². The van der Waals surface area contributed by atoms with Gasteiger partial charge in [0.2, 0.25) is 5.91 Å². The number of fused-ring (bicyclic) bond motifs is 1. The highest BCUT2D eigenvalue weighted by molar-refractivity contribution is 5.74. The minimum absolute atomic E-state index is 0.0894. The van der Waals surface area contributed by atoms with E-state index in [9.17, 15) is 9.59 Å². The molecule has 0 aliphatic carbocycles. The Morgan fingerprint density at radius 2 is 2.04 bits per heavy atom. The third-order valence-corrected chi connectivity index (χ3v) is 4.07. The van der Waals surface area contributed by atoms with Crippen LogP contribution in [0.3, 0.4) is 0 Å². The largest absolute Gasteiger partial charge is 0.343 e. The first-order chi connectivity index (χ1) is 11.1. The molecule has 1 saturated heterocycles. The molecular weight excluding hydrogens is 296 g/mol. The smallest absolute Gasteiger partial charge is 0.315 e. The predicted molar refractivity (Wildman–Crippen MR) is 83.6 cm³/mol. The maximum Gasteiger partial charge on any atom is 0.315 e. The van der Waals surface area contributed by atoms with Gasteiger partial charge < -0.3 is 15.5 Å². The Balaban J connectivity index is 1.48. The molecular formula is C15H20N6O2. The van der Waals surface area contributed by atoms with E-state index in [1.165, 1.54) is 0 Å². The summed E-state index contributed by atoms with van der Waals surface area (Å²) in [4.78, 5) is 25.1.